The molecule has 0 aliphatic heterocycles. The van der Waals surface area contributed by atoms with Gasteiger partial charge in [-0.3, -0.25) is 0 Å². The van der Waals surface area contributed by atoms with Crippen LogP contribution in [0.3, 0.4) is 0 Å². The summed E-state index contributed by atoms with van der Waals surface area (Å²) in [6, 6.07) is 0. The van der Waals surface area contributed by atoms with Gasteiger partial charge in [0.1, 0.15) is 5.69 Å². The zero-order valence-electron chi connectivity index (χ0n) is 10.3. The summed E-state index contributed by atoms with van der Waals surface area (Å²) in [6.45, 7) is 0. The third-order valence-electron chi connectivity index (χ3n) is 2.13. The first kappa shape index (κ1) is 16.8. The lowest BCUT2D eigenvalue weighted by atomic mass is 10.4. The quantitative estimate of drug-likeness (QED) is 0.567. The molecule has 4 nitrogen and oxygen atoms in total. The molecule has 0 fully saturated rings. The summed E-state index contributed by atoms with van der Waals surface area (Å²) < 4.78 is 77.6. The first-order chi connectivity index (χ1) is 10.3. The van der Waals surface area contributed by atoms with Crippen molar-refractivity contribution in [3.8, 4) is 11.5 Å². The van der Waals surface area contributed by atoms with Crippen LogP contribution in [-0.4, -0.2) is 20.9 Å². The summed E-state index contributed by atoms with van der Waals surface area (Å²) in [5, 5.41) is 4.54. The zero-order chi connectivity index (χ0) is 16.3. The van der Waals surface area contributed by atoms with Gasteiger partial charge in [0.05, 0.1) is 0 Å². The third-order valence-corrected chi connectivity index (χ3v) is 4.16. The molecule has 0 aromatic carbocycles. The predicted octanol–water partition coefficient (Wildman–Crippen LogP) is 4.77. The third kappa shape index (κ3) is 4.22. The number of rotatable bonds is 5. The Labute approximate surface area is 127 Å². The second-order valence-electron chi connectivity index (χ2n) is 3.68. The lowest BCUT2D eigenvalue weighted by molar-refractivity contribution is -0.159. The number of thiazole rings is 1. The molecular formula is C10H5F6N3OS2. The van der Waals surface area contributed by atoms with E-state index in [4.69, 9.17) is 0 Å². The Morgan fingerprint density at radius 2 is 1.95 bits per heavy atom. The molecular weight excluding hydrogens is 356 g/mol. The van der Waals surface area contributed by atoms with E-state index in [9.17, 15) is 26.3 Å². The first-order valence-electron chi connectivity index (χ1n) is 5.46. The summed E-state index contributed by atoms with van der Waals surface area (Å²) in [5.74, 6) is -3.32. The molecule has 0 N–H and O–H groups in total. The van der Waals surface area contributed by atoms with E-state index in [1.165, 1.54) is 5.38 Å². The number of thioether (sulfide) groups is 1. The van der Waals surface area contributed by atoms with Gasteiger partial charge in [-0.15, -0.1) is 11.3 Å². The van der Waals surface area contributed by atoms with Crippen molar-refractivity contribution in [3.05, 3.63) is 23.2 Å². The second-order valence-corrected chi connectivity index (χ2v) is 5.88. The van der Waals surface area contributed by atoms with E-state index < -0.39 is 30.4 Å². The van der Waals surface area contributed by atoms with Crippen molar-refractivity contribution in [3.63, 3.8) is 0 Å². The number of hydrogen-bond acceptors (Lipinski definition) is 6. The standard InChI is InChI=1S/C10H5F6N3OS2/c11-4(6(12)13)1-2-21-9-17-5(3-22-9)7-18-8(20-19-7)10(14,15)16/h3H,1-2H2. The predicted molar refractivity (Wildman–Crippen MR) is 66.1 cm³/mol. The zero-order valence-corrected chi connectivity index (χ0v) is 12.0. The molecule has 0 bridgehead atoms. The van der Waals surface area contributed by atoms with E-state index in [-0.39, 0.29) is 17.3 Å². The number of hydrogen-bond donors (Lipinski definition) is 0. The fourth-order valence-electron chi connectivity index (χ4n) is 1.19. The summed E-state index contributed by atoms with van der Waals surface area (Å²) in [4.78, 5) is 7.08. The van der Waals surface area contributed by atoms with Crippen LogP contribution >= 0.6 is 23.1 Å². The van der Waals surface area contributed by atoms with E-state index >= 15 is 0 Å². The summed E-state index contributed by atoms with van der Waals surface area (Å²) in [7, 11) is 0. The molecule has 0 spiro atoms. The first-order valence-corrected chi connectivity index (χ1v) is 7.33. The van der Waals surface area contributed by atoms with Gasteiger partial charge < -0.3 is 4.52 Å². The Hall–Kier alpha value is -1.56. The van der Waals surface area contributed by atoms with Gasteiger partial charge in [0.25, 0.3) is 0 Å². The molecule has 0 aliphatic carbocycles. The van der Waals surface area contributed by atoms with Gasteiger partial charge in [0.2, 0.25) is 5.82 Å². The highest BCUT2D eigenvalue weighted by atomic mass is 32.2. The summed E-state index contributed by atoms with van der Waals surface area (Å²) >= 11 is 2.03. The van der Waals surface area contributed by atoms with Crippen LogP contribution in [0.15, 0.2) is 26.2 Å². The van der Waals surface area contributed by atoms with Crippen molar-refractivity contribution < 1.29 is 30.9 Å². The lowest BCUT2D eigenvalue weighted by Crippen LogP contribution is -2.04. The molecule has 0 atom stereocenters. The number of allylic oxidation sites excluding steroid dienone is 1. The van der Waals surface area contributed by atoms with Gasteiger partial charge in [0, 0.05) is 17.6 Å². The fraction of sp³-hybridized carbons (Fsp3) is 0.300. The SMILES string of the molecule is FC(F)=C(F)CCSc1nc(-c2noc(C(F)(F)F)n2)cs1. The molecule has 12 heteroatoms. The Morgan fingerprint density at radius 3 is 2.55 bits per heavy atom. The van der Waals surface area contributed by atoms with E-state index in [1.807, 2.05) is 0 Å². The average molecular weight is 361 g/mol. The summed E-state index contributed by atoms with van der Waals surface area (Å²) in [5.41, 5.74) is 0.0550. The van der Waals surface area contributed by atoms with Crippen molar-refractivity contribution in [1.29, 1.82) is 0 Å². The Bertz CT molecular complexity index is 676. The molecule has 2 aromatic rings. The average Bonchev–Trinajstić information content (AvgIpc) is 3.05. The molecule has 0 radical (unpaired) electrons. The van der Waals surface area contributed by atoms with Crippen LogP contribution in [-0.2, 0) is 6.18 Å². The Morgan fingerprint density at radius 1 is 1.23 bits per heavy atom. The minimum absolute atomic E-state index is 0.0101. The second kappa shape index (κ2) is 6.69. The van der Waals surface area contributed by atoms with Crippen LogP contribution in [0, 0.1) is 0 Å². The highest BCUT2D eigenvalue weighted by Gasteiger charge is 2.38. The number of halogens is 6. The minimum atomic E-state index is -4.75. The molecule has 22 heavy (non-hydrogen) atoms. The normalized spacial score (nSPS) is 11.7. The molecule has 2 heterocycles. The van der Waals surface area contributed by atoms with Crippen molar-refractivity contribution >= 4 is 23.1 Å². The number of nitrogens with zero attached hydrogens (tertiary/aromatic N) is 3. The van der Waals surface area contributed by atoms with Crippen LogP contribution in [0.4, 0.5) is 26.3 Å². The van der Waals surface area contributed by atoms with Crippen molar-refractivity contribution in [2.24, 2.45) is 0 Å². The fourth-order valence-corrected chi connectivity index (χ4v) is 3.00. The van der Waals surface area contributed by atoms with Gasteiger partial charge in [-0.1, -0.05) is 16.9 Å². The highest BCUT2D eigenvalue weighted by molar-refractivity contribution is 8.01. The largest absolute Gasteiger partial charge is 0.471 e. The maximum absolute atomic E-state index is 12.6. The van der Waals surface area contributed by atoms with Gasteiger partial charge in [-0.25, -0.2) is 9.37 Å². The lowest BCUT2D eigenvalue weighted by Gasteiger charge is -1.95. The Balaban J connectivity index is 2.00. The van der Waals surface area contributed by atoms with Crippen LogP contribution in [0.1, 0.15) is 12.3 Å². The van der Waals surface area contributed by atoms with Crippen molar-refractivity contribution in [2.75, 3.05) is 5.75 Å². The number of alkyl halides is 3. The van der Waals surface area contributed by atoms with Crippen molar-refractivity contribution in [1.82, 2.24) is 15.1 Å². The monoisotopic (exact) mass is 361 g/mol. The van der Waals surface area contributed by atoms with E-state index in [1.54, 1.807) is 0 Å². The van der Waals surface area contributed by atoms with E-state index in [2.05, 4.69) is 19.6 Å². The van der Waals surface area contributed by atoms with Crippen LogP contribution in [0.2, 0.25) is 0 Å². The van der Waals surface area contributed by atoms with Gasteiger partial charge >= 0.3 is 18.1 Å². The Kier molecular flexibility index (Phi) is 5.11. The van der Waals surface area contributed by atoms with Gasteiger partial charge in [0.15, 0.2) is 10.2 Å². The highest BCUT2D eigenvalue weighted by Crippen LogP contribution is 2.31. The molecule has 120 valence electrons. The minimum Gasteiger partial charge on any atom is -0.329 e. The molecule has 0 saturated carbocycles. The van der Waals surface area contributed by atoms with Crippen LogP contribution in [0.25, 0.3) is 11.5 Å². The van der Waals surface area contributed by atoms with Gasteiger partial charge in [-0.2, -0.15) is 26.9 Å². The molecule has 2 aromatic heterocycles. The molecule has 0 aliphatic rings. The maximum Gasteiger partial charge on any atom is 0.471 e. The topological polar surface area (TPSA) is 51.8 Å². The molecule has 0 unspecified atom stereocenters. The van der Waals surface area contributed by atoms with E-state index in [0.29, 0.717) is 4.34 Å². The maximum atomic E-state index is 12.6. The van der Waals surface area contributed by atoms with E-state index in [0.717, 1.165) is 23.1 Å². The summed E-state index contributed by atoms with van der Waals surface area (Å²) in [6.07, 6.45) is -7.59. The smallest absolute Gasteiger partial charge is 0.329 e. The van der Waals surface area contributed by atoms with Gasteiger partial charge in [-0.05, 0) is 0 Å². The van der Waals surface area contributed by atoms with Crippen molar-refractivity contribution in [2.45, 2.75) is 16.9 Å². The molecule has 0 amide bonds. The van der Waals surface area contributed by atoms with Crippen LogP contribution in [0.5, 0.6) is 0 Å². The van der Waals surface area contributed by atoms with Crippen LogP contribution < -0.4 is 0 Å². The molecule has 0 saturated heterocycles. The molecule has 2 rings (SSSR count). The number of aromatic nitrogens is 3.